The molecule has 0 spiro atoms. The zero-order chi connectivity index (χ0) is 28.6. The number of carbonyl (C=O) groups excluding carboxylic acids is 2. The lowest BCUT2D eigenvalue weighted by Crippen LogP contribution is -2.35. The molecule has 212 valence electrons. The van der Waals surface area contributed by atoms with Crippen molar-refractivity contribution >= 4 is 34.0 Å². The highest BCUT2D eigenvalue weighted by atomic mass is 32.2. The van der Waals surface area contributed by atoms with Crippen LogP contribution in [0.3, 0.4) is 0 Å². The highest BCUT2D eigenvalue weighted by Crippen LogP contribution is 2.26. The molecular formula is C24H27F3N4O7S. The molecule has 0 fully saturated rings. The summed E-state index contributed by atoms with van der Waals surface area (Å²) in [5.41, 5.74) is 1.32. The predicted molar refractivity (Wildman–Crippen MR) is 133 cm³/mol. The quantitative estimate of drug-likeness (QED) is 0.250. The number of imidazole rings is 1. The Morgan fingerprint density at radius 3 is 2.54 bits per heavy atom. The van der Waals surface area contributed by atoms with Gasteiger partial charge in [0.25, 0.3) is 0 Å². The molecule has 2 aromatic heterocycles. The number of benzene rings is 1. The SMILES string of the molecule is COCCOC(=O)OCCN(C)C(=O)n1c([S@@](=O)Cc2nccc(OCC(F)(F)F)c2C)nc2ccccc21. The van der Waals surface area contributed by atoms with Gasteiger partial charge in [0.15, 0.2) is 6.61 Å². The summed E-state index contributed by atoms with van der Waals surface area (Å²) in [5, 5.41) is -0.0734. The number of likely N-dealkylation sites (N-methyl/N-ethyl adjacent to an activating group) is 1. The molecule has 0 bridgehead atoms. The van der Waals surface area contributed by atoms with E-state index in [4.69, 9.17) is 18.9 Å². The van der Waals surface area contributed by atoms with E-state index in [1.54, 1.807) is 24.3 Å². The largest absolute Gasteiger partial charge is 0.508 e. The van der Waals surface area contributed by atoms with Gasteiger partial charge in [-0.15, -0.1) is 0 Å². The number of hydrogen-bond acceptors (Lipinski definition) is 9. The Balaban J connectivity index is 1.78. The molecule has 1 aromatic carbocycles. The molecule has 0 saturated carbocycles. The Labute approximate surface area is 224 Å². The molecule has 15 heteroatoms. The van der Waals surface area contributed by atoms with E-state index in [2.05, 4.69) is 9.97 Å². The number of amides is 1. The fraction of sp³-hybridized carbons (Fsp3) is 0.417. The Kier molecular flexibility index (Phi) is 10.2. The monoisotopic (exact) mass is 572 g/mol. The molecule has 0 N–H and O–H groups in total. The van der Waals surface area contributed by atoms with Crippen LogP contribution in [0.15, 0.2) is 41.7 Å². The smallest absolute Gasteiger partial charge is 0.484 e. The van der Waals surface area contributed by atoms with Crippen LogP contribution in [-0.2, 0) is 30.8 Å². The molecule has 1 amide bonds. The zero-order valence-corrected chi connectivity index (χ0v) is 22.2. The Hall–Kier alpha value is -3.72. The molecule has 1 atom stereocenters. The van der Waals surface area contributed by atoms with Crippen molar-refractivity contribution in [1.29, 1.82) is 0 Å². The number of fused-ring (bicyclic) bond motifs is 1. The van der Waals surface area contributed by atoms with Crippen LogP contribution in [0.5, 0.6) is 5.75 Å². The summed E-state index contributed by atoms with van der Waals surface area (Å²) in [7, 11) is 0.999. The molecule has 39 heavy (non-hydrogen) atoms. The highest BCUT2D eigenvalue weighted by Gasteiger charge is 2.29. The summed E-state index contributed by atoms with van der Waals surface area (Å²) in [6, 6.07) is 7.37. The van der Waals surface area contributed by atoms with Crippen molar-refractivity contribution in [2.24, 2.45) is 0 Å². The zero-order valence-electron chi connectivity index (χ0n) is 21.4. The number of hydrogen-bond donors (Lipinski definition) is 0. The third-order valence-corrected chi connectivity index (χ3v) is 6.54. The number of halogens is 3. The number of ether oxygens (including phenoxy) is 4. The number of nitrogens with zero attached hydrogens (tertiary/aromatic N) is 4. The highest BCUT2D eigenvalue weighted by molar-refractivity contribution is 7.84. The van der Waals surface area contributed by atoms with Gasteiger partial charge in [-0.05, 0) is 25.1 Å². The maximum Gasteiger partial charge on any atom is 0.508 e. The third-order valence-electron chi connectivity index (χ3n) is 5.32. The van der Waals surface area contributed by atoms with Gasteiger partial charge in [0.1, 0.15) is 19.0 Å². The second-order valence-corrected chi connectivity index (χ2v) is 9.48. The molecule has 0 radical (unpaired) electrons. The first-order valence-electron chi connectivity index (χ1n) is 11.6. The van der Waals surface area contributed by atoms with E-state index >= 15 is 0 Å². The first kappa shape index (κ1) is 29.8. The second kappa shape index (κ2) is 13.4. The minimum atomic E-state index is -4.52. The molecule has 3 rings (SSSR count). The van der Waals surface area contributed by atoms with E-state index in [0.29, 0.717) is 11.0 Å². The van der Waals surface area contributed by atoms with Crippen molar-refractivity contribution in [1.82, 2.24) is 19.4 Å². The molecule has 11 nitrogen and oxygen atoms in total. The van der Waals surface area contributed by atoms with Crippen LogP contribution in [0.25, 0.3) is 11.0 Å². The van der Waals surface area contributed by atoms with Crippen LogP contribution >= 0.6 is 0 Å². The summed E-state index contributed by atoms with van der Waals surface area (Å²) >= 11 is 0. The number of rotatable bonds is 11. The van der Waals surface area contributed by atoms with Gasteiger partial charge in [-0.25, -0.2) is 19.1 Å². The number of methoxy groups -OCH3 is 1. The van der Waals surface area contributed by atoms with Crippen LogP contribution in [0.2, 0.25) is 0 Å². The number of carbonyl (C=O) groups is 2. The maximum atomic E-state index is 13.4. The van der Waals surface area contributed by atoms with Crippen molar-refractivity contribution in [2.75, 3.05) is 47.1 Å². The summed E-state index contributed by atoms with van der Waals surface area (Å²) < 4.78 is 71.8. The van der Waals surface area contributed by atoms with Crippen LogP contribution < -0.4 is 4.74 Å². The molecule has 3 aromatic rings. The van der Waals surface area contributed by atoms with Crippen LogP contribution in [0.1, 0.15) is 11.3 Å². The lowest BCUT2D eigenvalue weighted by molar-refractivity contribution is -0.153. The van der Waals surface area contributed by atoms with Gasteiger partial charge in [0.05, 0.1) is 46.4 Å². The van der Waals surface area contributed by atoms with Gasteiger partial charge in [-0.3, -0.25) is 9.19 Å². The predicted octanol–water partition coefficient (Wildman–Crippen LogP) is 3.69. The summed E-state index contributed by atoms with van der Waals surface area (Å²) in [6.07, 6.45) is -4.18. The molecule has 0 saturated heterocycles. The van der Waals surface area contributed by atoms with E-state index in [-0.39, 0.29) is 54.3 Å². The third kappa shape index (κ3) is 8.13. The normalized spacial score (nSPS) is 12.3. The van der Waals surface area contributed by atoms with Crippen molar-refractivity contribution in [3.63, 3.8) is 0 Å². The number of pyridine rings is 1. The van der Waals surface area contributed by atoms with Gasteiger partial charge in [0, 0.05) is 25.9 Å². The number of alkyl halides is 3. The molecule has 0 unspecified atom stereocenters. The van der Waals surface area contributed by atoms with Gasteiger partial charge in [-0.2, -0.15) is 13.2 Å². The van der Waals surface area contributed by atoms with Gasteiger partial charge >= 0.3 is 18.4 Å². The van der Waals surface area contributed by atoms with Gasteiger partial charge in [0.2, 0.25) is 5.16 Å². The fourth-order valence-corrected chi connectivity index (χ4v) is 4.58. The molecule has 0 aliphatic rings. The lowest BCUT2D eigenvalue weighted by atomic mass is 10.2. The minimum absolute atomic E-state index is 0.00392. The molecular weight excluding hydrogens is 545 g/mol. The number of para-hydroxylation sites is 2. The summed E-state index contributed by atoms with van der Waals surface area (Å²) in [4.78, 5) is 34.7. The molecule has 2 heterocycles. The van der Waals surface area contributed by atoms with E-state index in [0.717, 1.165) is 0 Å². The van der Waals surface area contributed by atoms with E-state index < -0.39 is 35.8 Å². The topological polar surface area (TPSA) is 122 Å². The van der Waals surface area contributed by atoms with E-state index in [1.807, 2.05) is 0 Å². The first-order chi connectivity index (χ1) is 18.5. The van der Waals surface area contributed by atoms with Crippen LogP contribution in [0.4, 0.5) is 22.8 Å². The number of aromatic nitrogens is 3. The second-order valence-electron chi connectivity index (χ2n) is 8.14. The average Bonchev–Trinajstić information content (AvgIpc) is 3.28. The van der Waals surface area contributed by atoms with Crippen molar-refractivity contribution in [3.8, 4) is 5.75 Å². The molecule has 0 aliphatic carbocycles. The lowest BCUT2D eigenvalue weighted by Gasteiger charge is -2.19. The Morgan fingerprint density at radius 2 is 1.82 bits per heavy atom. The minimum Gasteiger partial charge on any atom is -0.484 e. The van der Waals surface area contributed by atoms with Gasteiger partial charge in [-0.1, -0.05) is 12.1 Å². The fourth-order valence-electron chi connectivity index (χ4n) is 3.33. The summed E-state index contributed by atoms with van der Waals surface area (Å²) in [5.74, 6) is -0.273. The van der Waals surface area contributed by atoms with Gasteiger partial charge < -0.3 is 23.8 Å². The Bertz CT molecular complexity index is 1330. The van der Waals surface area contributed by atoms with Crippen molar-refractivity contribution in [2.45, 2.75) is 24.0 Å². The standard InChI is InChI=1S/C24H27F3N4O7S/c1-16-18(28-9-8-20(16)38-15-24(25,26)27)14-39(34)21-29-17-6-4-5-7-19(17)31(21)22(32)30(2)10-11-36-23(33)37-13-12-35-3/h4-9H,10-15H2,1-3H3/t39-/m0/s1. The van der Waals surface area contributed by atoms with Crippen LogP contribution in [0, 0.1) is 6.92 Å². The van der Waals surface area contributed by atoms with Crippen molar-refractivity contribution < 1.29 is 45.9 Å². The van der Waals surface area contributed by atoms with Crippen LogP contribution in [-0.4, -0.2) is 89.1 Å². The Morgan fingerprint density at radius 1 is 1.10 bits per heavy atom. The first-order valence-corrected chi connectivity index (χ1v) is 12.9. The van der Waals surface area contributed by atoms with Crippen molar-refractivity contribution in [3.05, 3.63) is 47.8 Å². The maximum absolute atomic E-state index is 13.4. The van der Waals surface area contributed by atoms with E-state index in [1.165, 1.54) is 42.8 Å². The average molecular weight is 573 g/mol. The molecule has 0 aliphatic heterocycles. The van der Waals surface area contributed by atoms with E-state index in [9.17, 15) is 27.0 Å². The summed E-state index contributed by atoms with van der Waals surface area (Å²) in [6.45, 7) is 0.0923.